The molecule has 7 nitrogen and oxygen atoms in total. The van der Waals surface area contributed by atoms with Crippen LogP contribution in [0, 0.1) is 11.8 Å². The summed E-state index contributed by atoms with van der Waals surface area (Å²) in [4.78, 5) is 36.6. The molecule has 1 aliphatic rings. The molecule has 0 aliphatic carbocycles. The number of rotatable bonds is 4. The Labute approximate surface area is 157 Å². The highest BCUT2D eigenvalue weighted by molar-refractivity contribution is 5.92. The van der Waals surface area contributed by atoms with Gasteiger partial charge >= 0.3 is 12.1 Å². The van der Waals surface area contributed by atoms with Crippen molar-refractivity contribution >= 4 is 11.9 Å². The molecule has 0 bridgehead atoms. The third kappa shape index (κ3) is 4.05. The summed E-state index contributed by atoms with van der Waals surface area (Å²) >= 11 is 0. The molecule has 148 valence electrons. The van der Waals surface area contributed by atoms with Crippen molar-refractivity contribution in [2.75, 3.05) is 13.1 Å². The van der Waals surface area contributed by atoms with Gasteiger partial charge in [0.05, 0.1) is 18.4 Å². The Bertz CT molecular complexity index is 943. The number of amides is 1. The summed E-state index contributed by atoms with van der Waals surface area (Å²) in [7, 11) is 0. The highest BCUT2D eigenvalue weighted by atomic mass is 19.4. The molecule has 1 aromatic heterocycles. The number of carboxylic acids is 1. The molecule has 2 aromatic rings. The largest absolute Gasteiger partial charge is 0.481 e. The fourth-order valence-electron chi connectivity index (χ4n) is 3.15. The number of carboxylic acid groups (broad SMARTS) is 1. The fraction of sp³-hybridized carbons (Fsp3) is 0.333. The quantitative estimate of drug-likeness (QED) is 0.850. The summed E-state index contributed by atoms with van der Waals surface area (Å²) in [5, 5.41) is 13.0. The van der Waals surface area contributed by atoms with Crippen molar-refractivity contribution in [3.05, 3.63) is 64.1 Å². The average Bonchev–Trinajstić information content (AvgIpc) is 3.10. The second-order valence-electron chi connectivity index (χ2n) is 6.50. The molecule has 0 unspecified atom stereocenters. The van der Waals surface area contributed by atoms with Crippen LogP contribution >= 0.6 is 0 Å². The summed E-state index contributed by atoms with van der Waals surface area (Å²) < 4.78 is 40.4. The van der Waals surface area contributed by atoms with Crippen LogP contribution in [0.1, 0.15) is 16.1 Å². The lowest BCUT2D eigenvalue weighted by molar-refractivity contribution is -0.187. The van der Waals surface area contributed by atoms with E-state index in [4.69, 9.17) is 5.11 Å². The Kier molecular flexibility index (Phi) is 5.21. The highest BCUT2D eigenvalue weighted by Gasteiger charge is 2.53. The van der Waals surface area contributed by atoms with E-state index in [2.05, 4.69) is 5.10 Å². The monoisotopic (exact) mass is 395 g/mol. The van der Waals surface area contributed by atoms with Gasteiger partial charge in [0.2, 0.25) is 0 Å². The molecule has 2 atom stereocenters. The van der Waals surface area contributed by atoms with Gasteiger partial charge in [0.25, 0.3) is 11.5 Å². The number of benzene rings is 1. The van der Waals surface area contributed by atoms with Crippen molar-refractivity contribution in [2.24, 2.45) is 11.8 Å². The van der Waals surface area contributed by atoms with Gasteiger partial charge in [-0.15, -0.1) is 0 Å². The van der Waals surface area contributed by atoms with Crippen LogP contribution in [0.25, 0.3) is 0 Å². The van der Waals surface area contributed by atoms with Crippen molar-refractivity contribution < 1.29 is 27.9 Å². The number of likely N-dealkylation sites (tertiary alicyclic amines) is 1. The number of aromatic nitrogens is 2. The Morgan fingerprint density at radius 1 is 1.11 bits per heavy atom. The van der Waals surface area contributed by atoms with Gasteiger partial charge < -0.3 is 10.0 Å². The average molecular weight is 395 g/mol. The molecule has 1 aliphatic heterocycles. The predicted octanol–water partition coefficient (Wildman–Crippen LogP) is 1.63. The van der Waals surface area contributed by atoms with Crippen molar-refractivity contribution in [3.63, 3.8) is 0 Å². The normalized spacial score (nSPS) is 19.6. The van der Waals surface area contributed by atoms with Crippen LogP contribution < -0.4 is 5.56 Å². The minimum Gasteiger partial charge on any atom is -0.481 e. The number of nitrogens with zero attached hydrogens (tertiary/aromatic N) is 3. The molecule has 0 radical (unpaired) electrons. The first kappa shape index (κ1) is 19.6. The molecule has 2 heterocycles. The fourth-order valence-corrected chi connectivity index (χ4v) is 3.15. The molecule has 28 heavy (non-hydrogen) atoms. The van der Waals surface area contributed by atoms with Gasteiger partial charge in [-0.1, -0.05) is 30.3 Å². The zero-order valence-electron chi connectivity index (χ0n) is 14.5. The van der Waals surface area contributed by atoms with Crippen LogP contribution in [-0.2, 0) is 11.3 Å². The zero-order chi connectivity index (χ0) is 20.5. The van der Waals surface area contributed by atoms with Gasteiger partial charge in [0.1, 0.15) is 5.69 Å². The lowest BCUT2D eigenvalue weighted by Crippen LogP contribution is -2.34. The standard InChI is InChI=1S/C18H16F3N3O4/c19-18(20,21)13-10-23(9-12(13)17(27)28)16(26)14-6-7-15(25)24(22-14)8-11-4-2-1-3-5-11/h1-7,12-13H,8-10H2,(H,27,28)/t12-,13-/m1/s1. The summed E-state index contributed by atoms with van der Waals surface area (Å²) in [6, 6.07) is 11.1. The minimum atomic E-state index is -4.74. The molecular weight excluding hydrogens is 379 g/mol. The summed E-state index contributed by atoms with van der Waals surface area (Å²) in [6.07, 6.45) is -4.74. The molecular formula is C18H16F3N3O4. The lowest BCUT2D eigenvalue weighted by atomic mass is 9.96. The molecule has 0 saturated carbocycles. The van der Waals surface area contributed by atoms with E-state index in [0.717, 1.165) is 27.3 Å². The van der Waals surface area contributed by atoms with Crippen LogP contribution in [0.2, 0.25) is 0 Å². The highest BCUT2D eigenvalue weighted by Crippen LogP contribution is 2.38. The van der Waals surface area contributed by atoms with E-state index in [9.17, 15) is 27.6 Å². The van der Waals surface area contributed by atoms with E-state index in [0.29, 0.717) is 0 Å². The third-order valence-electron chi connectivity index (χ3n) is 4.61. The smallest absolute Gasteiger partial charge is 0.394 e. The number of carbonyl (C=O) groups is 2. The van der Waals surface area contributed by atoms with Crippen LogP contribution in [0.5, 0.6) is 0 Å². The van der Waals surface area contributed by atoms with Gasteiger partial charge in [0, 0.05) is 19.2 Å². The van der Waals surface area contributed by atoms with E-state index in [1.54, 1.807) is 30.3 Å². The van der Waals surface area contributed by atoms with E-state index in [1.807, 2.05) is 0 Å². The van der Waals surface area contributed by atoms with Gasteiger partial charge in [-0.3, -0.25) is 14.4 Å². The van der Waals surface area contributed by atoms with E-state index in [1.165, 1.54) is 0 Å². The first-order chi connectivity index (χ1) is 13.2. The Balaban J connectivity index is 1.84. The molecule has 3 rings (SSSR count). The summed E-state index contributed by atoms with van der Waals surface area (Å²) in [5.74, 6) is -6.34. The van der Waals surface area contributed by atoms with Crippen LogP contribution in [0.4, 0.5) is 13.2 Å². The Morgan fingerprint density at radius 3 is 2.36 bits per heavy atom. The third-order valence-corrected chi connectivity index (χ3v) is 4.61. The maximum absolute atomic E-state index is 13.1. The number of halogens is 3. The van der Waals surface area contributed by atoms with Gasteiger partial charge in [-0.25, -0.2) is 4.68 Å². The summed E-state index contributed by atoms with van der Waals surface area (Å²) in [5.41, 5.74) is 0.0619. The second-order valence-corrected chi connectivity index (χ2v) is 6.50. The minimum absolute atomic E-state index is 0.0870. The van der Waals surface area contributed by atoms with Gasteiger partial charge in [-0.2, -0.15) is 18.3 Å². The first-order valence-corrected chi connectivity index (χ1v) is 8.37. The van der Waals surface area contributed by atoms with E-state index >= 15 is 0 Å². The number of alkyl halides is 3. The van der Waals surface area contributed by atoms with Gasteiger partial charge in [-0.05, 0) is 11.6 Å². The first-order valence-electron chi connectivity index (χ1n) is 8.37. The molecule has 1 saturated heterocycles. The van der Waals surface area contributed by atoms with Crippen LogP contribution in [0.3, 0.4) is 0 Å². The molecule has 1 N–H and O–H groups in total. The molecule has 1 aromatic carbocycles. The van der Waals surface area contributed by atoms with Gasteiger partial charge in [0.15, 0.2) is 0 Å². The number of hydrogen-bond donors (Lipinski definition) is 1. The van der Waals surface area contributed by atoms with Crippen molar-refractivity contribution in [2.45, 2.75) is 12.7 Å². The van der Waals surface area contributed by atoms with Crippen LogP contribution in [-0.4, -0.2) is 50.9 Å². The lowest BCUT2D eigenvalue weighted by Gasteiger charge is -2.18. The number of hydrogen-bond acceptors (Lipinski definition) is 4. The SMILES string of the molecule is O=C(O)[C@@H]1CN(C(=O)c2ccc(=O)n(Cc3ccccc3)n2)C[C@H]1C(F)(F)F. The van der Waals surface area contributed by atoms with E-state index in [-0.39, 0.29) is 12.2 Å². The molecule has 10 heteroatoms. The van der Waals surface area contributed by atoms with Crippen molar-refractivity contribution in [1.29, 1.82) is 0 Å². The predicted molar refractivity (Wildman–Crippen MR) is 90.6 cm³/mol. The molecule has 1 amide bonds. The topological polar surface area (TPSA) is 92.5 Å². The number of aliphatic carboxylic acids is 1. The van der Waals surface area contributed by atoms with E-state index < -0.39 is 48.5 Å². The molecule has 0 spiro atoms. The maximum atomic E-state index is 13.1. The molecule has 1 fully saturated rings. The zero-order valence-corrected chi connectivity index (χ0v) is 14.5. The van der Waals surface area contributed by atoms with Crippen LogP contribution in [0.15, 0.2) is 47.3 Å². The van der Waals surface area contributed by atoms with Crippen molar-refractivity contribution in [1.82, 2.24) is 14.7 Å². The summed E-state index contributed by atoms with van der Waals surface area (Å²) in [6.45, 7) is -1.25. The van der Waals surface area contributed by atoms with Crippen molar-refractivity contribution in [3.8, 4) is 0 Å². The maximum Gasteiger partial charge on any atom is 0.394 e. The Hall–Kier alpha value is -3.17. The number of carbonyl (C=O) groups excluding carboxylic acids is 1. The second kappa shape index (κ2) is 7.45. The Morgan fingerprint density at radius 2 is 1.79 bits per heavy atom.